The van der Waals surface area contributed by atoms with Crippen molar-refractivity contribution >= 4 is 23.4 Å². The molecular weight excluding hydrogens is 310 g/mol. The average Bonchev–Trinajstić information content (AvgIpc) is 3.05. The first-order valence-corrected chi connectivity index (χ1v) is 7.38. The zero-order valence-electron chi connectivity index (χ0n) is 13.5. The lowest BCUT2D eigenvalue weighted by atomic mass is 10.1. The van der Waals surface area contributed by atoms with Crippen LogP contribution in [0.3, 0.4) is 0 Å². The van der Waals surface area contributed by atoms with Crippen molar-refractivity contribution in [1.82, 2.24) is 10.2 Å². The van der Waals surface area contributed by atoms with Crippen LogP contribution in [0.1, 0.15) is 23.0 Å². The number of carbonyl (C=O) groups excluding carboxylic acids is 3. The topological polar surface area (TPSA) is 91.7 Å². The van der Waals surface area contributed by atoms with Crippen molar-refractivity contribution in [2.24, 2.45) is 0 Å². The van der Waals surface area contributed by atoms with Crippen molar-refractivity contribution in [2.75, 3.05) is 18.9 Å². The molecule has 24 heavy (non-hydrogen) atoms. The van der Waals surface area contributed by atoms with Crippen LogP contribution < -0.4 is 10.6 Å². The molecule has 0 aliphatic rings. The summed E-state index contributed by atoms with van der Waals surface area (Å²) in [4.78, 5) is 36.6. The van der Waals surface area contributed by atoms with Crippen LogP contribution in [0.5, 0.6) is 0 Å². The molecule has 0 aliphatic carbocycles. The van der Waals surface area contributed by atoms with Crippen molar-refractivity contribution in [3.63, 3.8) is 0 Å². The molecule has 2 aromatic rings. The fraction of sp³-hybridized carbons (Fsp3) is 0.235. The minimum atomic E-state index is -0.310. The number of benzene rings is 1. The van der Waals surface area contributed by atoms with Gasteiger partial charge in [-0.15, -0.1) is 0 Å². The van der Waals surface area contributed by atoms with E-state index in [1.165, 1.54) is 18.1 Å². The van der Waals surface area contributed by atoms with Crippen molar-refractivity contribution in [1.29, 1.82) is 0 Å². The lowest BCUT2D eigenvalue weighted by Gasteiger charge is -2.17. The number of furan rings is 1. The van der Waals surface area contributed by atoms with Crippen molar-refractivity contribution in [3.8, 4) is 0 Å². The molecule has 0 unspecified atom stereocenters. The number of amides is 3. The molecule has 126 valence electrons. The molecule has 0 fully saturated rings. The van der Waals surface area contributed by atoms with Crippen LogP contribution in [0.25, 0.3) is 0 Å². The van der Waals surface area contributed by atoms with Crippen LogP contribution in [0.4, 0.5) is 5.69 Å². The van der Waals surface area contributed by atoms with Gasteiger partial charge in [0.15, 0.2) is 0 Å². The molecule has 0 radical (unpaired) electrons. The second-order valence-corrected chi connectivity index (χ2v) is 5.28. The Hall–Kier alpha value is -3.09. The molecule has 1 aromatic heterocycles. The first-order valence-electron chi connectivity index (χ1n) is 7.38. The van der Waals surface area contributed by atoms with Gasteiger partial charge >= 0.3 is 0 Å². The second kappa shape index (κ2) is 7.96. The lowest BCUT2D eigenvalue weighted by molar-refractivity contribution is -0.121. The molecule has 0 bridgehead atoms. The maximum Gasteiger partial charge on any atom is 0.254 e. The minimum absolute atomic E-state index is 0.0795. The van der Waals surface area contributed by atoms with Gasteiger partial charge in [-0.05, 0) is 30.3 Å². The van der Waals surface area contributed by atoms with E-state index < -0.39 is 0 Å². The number of nitrogens with one attached hydrogen (secondary N) is 2. The second-order valence-electron chi connectivity index (χ2n) is 5.28. The van der Waals surface area contributed by atoms with Gasteiger partial charge in [0.25, 0.3) is 5.91 Å². The fourth-order valence-corrected chi connectivity index (χ4v) is 2.10. The third-order valence-corrected chi connectivity index (χ3v) is 3.20. The van der Waals surface area contributed by atoms with Gasteiger partial charge in [-0.25, -0.2) is 0 Å². The summed E-state index contributed by atoms with van der Waals surface area (Å²) >= 11 is 0. The minimum Gasteiger partial charge on any atom is -0.467 e. The van der Waals surface area contributed by atoms with E-state index in [2.05, 4.69) is 10.6 Å². The Balaban J connectivity index is 1.91. The molecule has 1 aromatic carbocycles. The van der Waals surface area contributed by atoms with Gasteiger partial charge in [0.2, 0.25) is 11.8 Å². The van der Waals surface area contributed by atoms with Gasteiger partial charge in [0.1, 0.15) is 5.76 Å². The van der Waals surface area contributed by atoms with Gasteiger partial charge in [-0.2, -0.15) is 0 Å². The first-order chi connectivity index (χ1) is 11.5. The Morgan fingerprint density at radius 1 is 1.17 bits per heavy atom. The third-order valence-electron chi connectivity index (χ3n) is 3.20. The highest BCUT2D eigenvalue weighted by Gasteiger charge is 2.15. The molecule has 2 rings (SSSR count). The Kier molecular flexibility index (Phi) is 5.73. The van der Waals surface area contributed by atoms with Gasteiger partial charge in [-0.1, -0.05) is 6.07 Å². The summed E-state index contributed by atoms with van der Waals surface area (Å²) in [6, 6.07) is 10.0. The molecule has 0 saturated heterocycles. The maximum absolute atomic E-state index is 12.4. The van der Waals surface area contributed by atoms with E-state index in [4.69, 9.17) is 4.42 Å². The molecule has 7 heteroatoms. The summed E-state index contributed by atoms with van der Waals surface area (Å²) in [7, 11) is 1.54. The van der Waals surface area contributed by atoms with E-state index in [9.17, 15) is 14.4 Å². The number of hydrogen-bond donors (Lipinski definition) is 2. The summed E-state index contributed by atoms with van der Waals surface area (Å²) in [6.07, 6.45) is 1.53. The number of rotatable bonds is 6. The zero-order valence-corrected chi connectivity index (χ0v) is 13.5. The van der Waals surface area contributed by atoms with E-state index in [0.717, 1.165) is 0 Å². The Morgan fingerprint density at radius 2 is 1.96 bits per heavy atom. The predicted molar refractivity (Wildman–Crippen MR) is 88.3 cm³/mol. The first kappa shape index (κ1) is 17.3. The predicted octanol–water partition coefficient (Wildman–Crippen LogP) is 1.63. The number of hydrogen-bond acceptors (Lipinski definition) is 4. The highest BCUT2D eigenvalue weighted by molar-refractivity contribution is 5.98. The van der Waals surface area contributed by atoms with Crippen LogP contribution in [-0.2, 0) is 16.1 Å². The summed E-state index contributed by atoms with van der Waals surface area (Å²) < 4.78 is 5.12. The average molecular weight is 329 g/mol. The molecule has 0 aliphatic heterocycles. The zero-order chi connectivity index (χ0) is 17.5. The normalized spacial score (nSPS) is 10.1. The Labute approximate surface area is 139 Å². The Morgan fingerprint density at radius 3 is 2.62 bits per heavy atom. The molecule has 3 amide bonds. The quantitative estimate of drug-likeness (QED) is 0.842. The molecule has 0 saturated carbocycles. The molecular formula is C17H19N3O4. The van der Waals surface area contributed by atoms with E-state index >= 15 is 0 Å². The number of carbonyl (C=O) groups is 3. The van der Waals surface area contributed by atoms with Crippen molar-refractivity contribution < 1.29 is 18.8 Å². The summed E-state index contributed by atoms with van der Waals surface area (Å²) in [5.74, 6) is -0.179. The molecule has 7 nitrogen and oxygen atoms in total. The number of anilines is 1. The summed E-state index contributed by atoms with van der Waals surface area (Å²) in [5, 5.41) is 5.29. The molecule has 2 N–H and O–H groups in total. The highest BCUT2D eigenvalue weighted by Crippen LogP contribution is 2.12. The largest absolute Gasteiger partial charge is 0.467 e. The SMILES string of the molecule is CC(=O)Nc1cccc(C(=O)N(C)CC(=O)NCc2ccco2)c1. The van der Waals surface area contributed by atoms with Gasteiger partial charge in [0, 0.05) is 25.2 Å². The standard InChI is InChI=1S/C17H19N3O4/c1-12(21)19-14-6-3-5-13(9-14)17(23)20(2)11-16(22)18-10-15-7-4-8-24-15/h3-9H,10-11H2,1-2H3,(H,18,22)(H,19,21). The van der Waals surface area contributed by atoms with E-state index in [1.807, 2.05) is 0 Å². The lowest BCUT2D eigenvalue weighted by Crippen LogP contribution is -2.38. The molecule has 1 heterocycles. The van der Waals surface area contributed by atoms with Crippen LogP contribution >= 0.6 is 0 Å². The van der Waals surface area contributed by atoms with Crippen LogP contribution in [0, 0.1) is 0 Å². The monoisotopic (exact) mass is 329 g/mol. The Bertz CT molecular complexity index is 725. The van der Waals surface area contributed by atoms with E-state index in [1.54, 1.807) is 43.4 Å². The maximum atomic E-state index is 12.4. The molecule has 0 spiro atoms. The highest BCUT2D eigenvalue weighted by atomic mass is 16.3. The van der Waals surface area contributed by atoms with Crippen LogP contribution in [0.15, 0.2) is 47.1 Å². The molecule has 0 atom stereocenters. The number of nitrogens with zero attached hydrogens (tertiary/aromatic N) is 1. The van der Waals surface area contributed by atoms with Gasteiger partial charge in [-0.3, -0.25) is 14.4 Å². The summed E-state index contributed by atoms with van der Waals surface area (Å²) in [5.41, 5.74) is 0.923. The van der Waals surface area contributed by atoms with E-state index in [-0.39, 0.29) is 30.8 Å². The van der Waals surface area contributed by atoms with Crippen molar-refractivity contribution in [2.45, 2.75) is 13.5 Å². The summed E-state index contributed by atoms with van der Waals surface area (Å²) in [6.45, 7) is 1.58. The van der Waals surface area contributed by atoms with Gasteiger partial charge in [0.05, 0.1) is 19.4 Å². The number of likely N-dealkylation sites (N-methyl/N-ethyl adjacent to an activating group) is 1. The van der Waals surface area contributed by atoms with E-state index in [0.29, 0.717) is 17.0 Å². The van der Waals surface area contributed by atoms with Crippen LogP contribution in [0.2, 0.25) is 0 Å². The van der Waals surface area contributed by atoms with Gasteiger partial charge < -0.3 is 20.0 Å². The van der Waals surface area contributed by atoms with Crippen LogP contribution in [-0.4, -0.2) is 36.2 Å². The fourth-order valence-electron chi connectivity index (χ4n) is 2.10. The smallest absolute Gasteiger partial charge is 0.254 e. The third kappa shape index (κ3) is 4.98. The van der Waals surface area contributed by atoms with Crippen molar-refractivity contribution in [3.05, 3.63) is 54.0 Å².